The van der Waals surface area contributed by atoms with Crippen molar-refractivity contribution in [1.29, 1.82) is 0 Å². The Morgan fingerprint density at radius 2 is 1.48 bits per heavy atom. The van der Waals surface area contributed by atoms with E-state index in [4.69, 9.17) is 0 Å². The maximum atomic E-state index is 13.4. The van der Waals surface area contributed by atoms with Crippen LogP contribution in [0.4, 0.5) is 0 Å². The number of hydrogen-bond acceptors (Lipinski definition) is 4. The summed E-state index contributed by atoms with van der Waals surface area (Å²) >= 11 is 0. The summed E-state index contributed by atoms with van der Waals surface area (Å²) in [5, 5.41) is 22.7. The standard InChI is InChI=1S/C23H27NO4S/c1-16(2)21(15-25)24(3)29(27,28)22-14-7-6-12-20(22)23(26)19-13-8-10-17-9-4-5-11-18(17)19/h4-14,16,21,23,25-26H,15H2,1-3H3/t21-,23+/m1/s1. The maximum absolute atomic E-state index is 13.4. The first-order valence-corrected chi connectivity index (χ1v) is 11.1. The number of benzene rings is 3. The van der Waals surface area contributed by atoms with Crippen molar-refractivity contribution in [1.82, 2.24) is 4.31 Å². The molecule has 6 heteroatoms. The number of rotatable bonds is 7. The predicted octanol–water partition coefficient (Wildman–Crippen LogP) is 3.56. The average Bonchev–Trinajstić information content (AvgIpc) is 2.73. The third kappa shape index (κ3) is 4.07. The van der Waals surface area contributed by atoms with Gasteiger partial charge in [0, 0.05) is 12.6 Å². The van der Waals surface area contributed by atoms with Crippen LogP contribution in [0.1, 0.15) is 31.1 Å². The summed E-state index contributed by atoms with van der Waals surface area (Å²) in [6, 6.07) is 19.2. The van der Waals surface area contributed by atoms with Crippen LogP contribution in [0.5, 0.6) is 0 Å². The molecule has 0 aromatic heterocycles. The third-order valence-corrected chi connectivity index (χ3v) is 7.37. The number of likely N-dealkylation sites (N-methyl/N-ethyl adjacent to an activating group) is 1. The van der Waals surface area contributed by atoms with Crippen LogP contribution in [-0.4, -0.2) is 42.6 Å². The summed E-state index contributed by atoms with van der Waals surface area (Å²) < 4.78 is 27.9. The van der Waals surface area contributed by atoms with Crippen molar-refractivity contribution in [2.75, 3.05) is 13.7 Å². The number of sulfonamides is 1. The van der Waals surface area contributed by atoms with Gasteiger partial charge in [-0.25, -0.2) is 8.42 Å². The molecule has 3 rings (SSSR count). The minimum atomic E-state index is -3.92. The molecule has 0 unspecified atom stereocenters. The first-order valence-electron chi connectivity index (χ1n) is 9.62. The molecule has 0 fully saturated rings. The summed E-state index contributed by atoms with van der Waals surface area (Å²) in [5.41, 5.74) is 0.965. The molecule has 29 heavy (non-hydrogen) atoms. The van der Waals surface area contributed by atoms with Gasteiger partial charge >= 0.3 is 0 Å². The lowest BCUT2D eigenvalue weighted by Gasteiger charge is -2.30. The first-order chi connectivity index (χ1) is 13.8. The minimum Gasteiger partial charge on any atom is -0.395 e. The Morgan fingerprint density at radius 3 is 2.17 bits per heavy atom. The molecule has 154 valence electrons. The van der Waals surface area contributed by atoms with Crippen molar-refractivity contribution in [2.45, 2.75) is 30.9 Å². The van der Waals surface area contributed by atoms with Crippen molar-refractivity contribution in [3.05, 3.63) is 77.9 Å². The lowest BCUT2D eigenvalue weighted by Crippen LogP contribution is -2.43. The van der Waals surface area contributed by atoms with Gasteiger partial charge in [0.25, 0.3) is 0 Å². The molecular weight excluding hydrogens is 386 g/mol. The van der Waals surface area contributed by atoms with Crippen LogP contribution in [-0.2, 0) is 10.0 Å². The van der Waals surface area contributed by atoms with Crippen LogP contribution >= 0.6 is 0 Å². The van der Waals surface area contributed by atoms with Crippen LogP contribution in [0.3, 0.4) is 0 Å². The lowest BCUT2D eigenvalue weighted by molar-refractivity contribution is 0.167. The molecule has 0 amide bonds. The van der Waals surface area contributed by atoms with E-state index >= 15 is 0 Å². The molecule has 0 heterocycles. The van der Waals surface area contributed by atoms with E-state index in [1.807, 2.05) is 56.3 Å². The fourth-order valence-corrected chi connectivity index (χ4v) is 5.38. The summed E-state index contributed by atoms with van der Waals surface area (Å²) in [4.78, 5) is 0.0436. The second-order valence-electron chi connectivity index (χ2n) is 7.52. The highest BCUT2D eigenvalue weighted by molar-refractivity contribution is 7.89. The molecule has 0 aliphatic carbocycles. The van der Waals surface area contributed by atoms with Crippen molar-refractivity contribution < 1.29 is 18.6 Å². The fourth-order valence-electron chi connectivity index (χ4n) is 3.68. The average molecular weight is 414 g/mol. The van der Waals surface area contributed by atoms with Gasteiger partial charge < -0.3 is 10.2 Å². The Hall–Kier alpha value is -2.25. The molecule has 2 N–H and O–H groups in total. The number of aliphatic hydroxyl groups is 2. The summed E-state index contributed by atoms with van der Waals surface area (Å²) in [7, 11) is -2.45. The molecule has 0 aliphatic rings. The molecule has 3 aromatic carbocycles. The molecule has 3 aromatic rings. The smallest absolute Gasteiger partial charge is 0.243 e. The van der Waals surface area contributed by atoms with Gasteiger partial charge in [0.15, 0.2) is 0 Å². The lowest BCUT2D eigenvalue weighted by atomic mass is 9.96. The summed E-state index contributed by atoms with van der Waals surface area (Å²) in [6.45, 7) is 3.45. The number of aliphatic hydroxyl groups excluding tert-OH is 2. The fraction of sp³-hybridized carbons (Fsp3) is 0.304. The number of hydrogen-bond donors (Lipinski definition) is 2. The summed E-state index contributed by atoms with van der Waals surface area (Å²) in [5.74, 6) is -0.0603. The van der Waals surface area contributed by atoms with Gasteiger partial charge in [0.05, 0.1) is 17.5 Å². The molecule has 2 atom stereocenters. The van der Waals surface area contributed by atoms with Gasteiger partial charge in [-0.05, 0) is 28.3 Å². The third-order valence-electron chi connectivity index (χ3n) is 5.41. The second-order valence-corrected chi connectivity index (χ2v) is 9.49. The van der Waals surface area contributed by atoms with Crippen LogP contribution in [0.15, 0.2) is 71.6 Å². The molecular formula is C23H27NO4S. The molecule has 0 saturated carbocycles. The van der Waals surface area contributed by atoms with Crippen molar-refractivity contribution in [2.24, 2.45) is 5.92 Å². The zero-order chi connectivity index (χ0) is 21.2. The van der Waals surface area contributed by atoms with Gasteiger partial charge in [0.2, 0.25) is 10.0 Å². The van der Waals surface area contributed by atoms with E-state index in [0.29, 0.717) is 11.1 Å². The Morgan fingerprint density at radius 1 is 0.897 bits per heavy atom. The van der Waals surface area contributed by atoms with E-state index < -0.39 is 22.2 Å². The topological polar surface area (TPSA) is 77.8 Å². The Labute approximate surface area is 172 Å². The molecule has 0 bridgehead atoms. The Balaban J connectivity index is 2.11. The largest absolute Gasteiger partial charge is 0.395 e. The molecule has 0 aliphatic heterocycles. The molecule has 0 saturated heterocycles. The first kappa shape index (κ1) is 21.5. The quantitative estimate of drug-likeness (QED) is 0.621. The van der Waals surface area contributed by atoms with Crippen molar-refractivity contribution in [3.63, 3.8) is 0 Å². The van der Waals surface area contributed by atoms with E-state index in [-0.39, 0.29) is 17.4 Å². The van der Waals surface area contributed by atoms with Gasteiger partial charge in [-0.1, -0.05) is 74.5 Å². The molecule has 5 nitrogen and oxygen atoms in total. The van der Waals surface area contributed by atoms with E-state index in [1.165, 1.54) is 17.4 Å². The highest BCUT2D eigenvalue weighted by Gasteiger charge is 2.32. The predicted molar refractivity (Wildman–Crippen MR) is 115 cm³/mol. The Kier molecular flexibility index (Phi) is 6.39. The van der Waals surface area contributed by atoms with Gasteiger partial charge in [-0.3, -0.25) is 0 Å². The monoisotopic (exact) mass is 413 g/mol. The van der Waals surface area contributed by atoms with E-state index in [0.717, 1.165) is 10.8 Å². The van der Waals surface area contributed by atoms with Gasteiger partial charge in [0.1, 0.15) is 6.10 Å². The minimum absolute atomic E-state index is 0.0436. The van der Waals surface area contributed by atoms with Crippen LogP contribution in [0, 0.1) is 5.92 Å². The summed E-state index contributed by atoms with van der Waals surface area (Å²) in [6.07, 6.45) is -1.10. The van der Waals surface area contributed by atoms with Crippen molar-refractivity contribution >= 4 is 20.8 Å². The number of fused-ring (bicyclic) bond motifs is 1. The second kappa shape index (κ2) is 8.63. The van der Waals surface area contributed by atoms with E-state index in [1.54, 1.807) is 18.2 Å². The van der Waals surface area contributed by atoms with Gasteiger partial charge in [-0.15, -0.1) is 0 Å². The highest BCUT2D eigenvalue weighted by atomic mass is 32.2. The maximum Gasteiger partial charge on any atom is 0.243 e. The SMILES string of the molecule is CC(C)[C@@H](CO)N(C)S(=O)(=O)c1ccccc1[C@@H](O)c1cccc2ccccc12. The molecule has 0 spiro atoms. The van der Waals surface area contributed by atoms with Crippen molar-refractivity contribution in [3.8, 4) is 0 Å². The van der Waals surface area contributed by atoms with Crippen LogP contribution in [0.2, 0.25) is 0 Å². The van der Waals surface area contributed by atoms with E-state index in [9.17, 15) is 18.6 Å². The number of nitrogens with zero attached hydrogens (tertiary/aromatic N) is 1. The van der Waals surface area contributed by atoms with Crippen LogP contribution < -0.4 is 0 Å². The van der Waals surface area contributed by atoms with E-state index in [2.05, 4.69) is 0 Å². The Bertz CT molecular complexity index is 1090. The van der Waals surface area contributed by atoms with Gasteiger partial charge in [-0.2, -0.15) is 4.31 Å². The molecule has 0 radical (unpaired) electrons. The zero-order valence-corrected chi connectivity index (χ0v) is 17.7. The normalized spacial score (nSPS) is 14.4. The zero-order valence-electron chi connectivity index (χ0n) is 16.9. The highest BCUT2D eigenvalue weighted by Crippen LogP contribution is 2.33. The van der Waals surface area contributed by atoms with Crippen LogP contribution in [0.25, 0.3) is 10.8 Å².